The van der Waals surface area contributed by atoms with E-state index in [-0.39, 0.29) is 11.6 Å². The van der Waals surface area contributed by atoms with E-state index in [1.807, 2.05) is 30.3 Å². The van der Waals surface area contributed by atoms with Crippen molar-refractivity contribution in [3.63, 3.8) is 0 Å². The molecule has 2 aromatic carbocycles. The molecule has 0 saturated heterocycles. The van der Waals surface area contributed by atoms with E-state index in [1.165, 1.54) is 6.07 Å². The van der Waals surface area contributed by atoms with Gasteiger partial charge in [-0.2, -0.15) is 5.48 Å². The summed E-state index contributed by atoms with van der Waals surface area (Å²) in [7, 11) is 0. The lowest BCUT2D eigenvalue weighted by Gasteiger charge is -2.07. The summed E-state index contributed by atoms with van der Waals surface area (Å²) in [5.74, 6) is -0.407. The standard InChI is InChI=1S/C14H13ClFNO/c15-13-8-4-7-12(14(13)16)9-17-18-10-11-5-2-1-3-6-11/h1-8,17H,9-10H2. The van der Waals surface area contributed by atoms with Gasteiger partial charge in [0.25, 0.3) is 0 Å². The Balaban J connectivity index is 1.81. The molecule has 0 aliphatic heterocycles. The number of rotatable bonds is 5. The molecule has 0 spiro atoms. The number of hydroxylamine groups is 1. The lowest BCUT2D eigenvalue weighted by molar-refractivity contribution is 0.0230. The highest BCUT2D eigenvalue weighted by Crippen LogP contribution is 2.17. The van der Waals surface area contributed by atoms with Crippen molar-refractivity contribution >= 4 is 11.6 Å². The summed E-state index contributed by atoms with van der Waals surface area (Å²) in [6.45, 7) is 0.711. The van der Waals surface area contributed by atoms with Gasteiger partial charge in [-0.3, -0.25) is 4.84 Å². The summed E-state index contributed by atoms with van der Waals surface area (Å²) in [6.07, 6.45) is 0. The SMILES string of the molecule is Fc1c(Cl)cccc1CNOCc1ccccc1. The van der Waals surface area contributed by atoms with Crippen molar-refractivity contribution in [1.82, 2.24) is 5.48 Å². The third-order valence-electron chi connectivity index (χ3n) is 2.48. The second-order valence-corrected chi connectivity index (χ2v) is 4.22. The molecule has 18 heavy (non-hydrogen) atoms. The molecule has 0 radical (unpaired) electrons. The molecule has 0 fully saturated rings. The Bertz CT molecular complexity index is 504. The van der Waals surface area contributed by atoms with Gasteiger partial charge in [0.1, 0.15) is 5.82 Å². The average molecular weight is 266 g/mol. The normalized spacial score (nSPS) is 10.6. The second-order valence-electron chi connectivity index (χ2n) is 3.81. The lowest BCUT2D eigenvalue weighted by atomic mass is 10.2. The highest BCUT2D eigenvalue weighted by atomic mass is 35.5. The van der Waals surface area contributed by atoms with Crippen molar-refractivity contribution in [3.05, 3.63) is 70.5 Å². The molecule has 0 aromatic heterocycles. The van der Waals surface area contributed by atoms with Crippen LogP contribution in [0.2, 0.25) is 5.02 Å². The minimum atomic E-state index is -0.407. The van der Waals surface area contributed by atoms with Gasteiger partial charge in [0.2, 0.25) is 0 Å². The minimum absolute atomic E-state index is 0.123. The Hall–Kier alpha value is -1.42. The second kappa shape index (κ2) is 6.50. The molecular formula is C14H13ClFNO. The molecule has 2 rings (SSSR count). The first kappa shape index (κ1) is 13.0. The smallest absolute Gasteiger partial charge is 0.146 e. The molecule has 1 N–H and O–H groups in total. The molecule has 0 atom stereocenters. The molecular weight excluding hydrogens is 253 g/mol. The summed E-state index contributed by atoms with van der Waals surface area (Å²) in [6, 6.07) is 14.6. The quantitative estimate of drug-likeness (QED) is 0.657. The monoisotopic (exact) mass is 265 g/mol. The van der Waals surface area contributed by atoms with Crippen LogP contribution in [0.5, 0.6) is 0 Å². The van der Waals surface area contributed by atoms with Crippen molar-refractivity contribution in [1.29, 1.82) is 0 Å². The average Bonchev–Trinajstić information content (AvgIpc) is 2.40. The number of nitrogens with one attached hydrogen (secondary N) is 1. The fourth-order valence-corrected chi connectivity index (χ4v) is 1.72. The van der Waals surface area contributed by atoms with E-state index in [4.69, 9.17) is 16.4 Å². The van der Waals surface area contributed by atoms with Gasteiger partial charge in [-0.15, -0.1) is 0 Å². The predicted octanol–water partition coefficient (Wildman–Crippen LogP) is 3.70. The van der Waals surface area contributed by atoms with Gasteiger partial charge >= 0.3 is 0 Å². The third-order valence-corrected chi connectivity index (χ3v) is 2.77. The molecule has 94 valence electrons. The molecule has 0 bridgehead atoms. The van der Waals surface area contributed by atoms with Crippen LogP contribution in [-0.2, 0) is 18.0 Å². The zero-order chi connectivity index (χ0) is 12.8. The van der Waals surface area contributed by atoms with E-state index in [2.05, 4.69) is 5.48 Å². The molecule has 2 nitrogen and oxygen atoms in total. The lowest BCUT2D eigenvalue weighted by Crippen LogP contribution is -2.14. The van der Waals surface area contributed by atoms with E-state index in [9.17, 15) is 4.39 Å². The number of hydrogen-bond acceptors (Lipinski definition) is 2. The van der Waals surface area contributed by atoms with Gasteiger partial charge in [-0.1, -0.05) is 54.1 Å². The predicted molar refractivity (Wildman–Crippen MR) is 69.5 cm³/mol. The van der Waals surface area contributed by atoms with E-state index >= 15 is 0 Å². The Kier molecular flexibility index (Phi) is 4.70. The molecule has 0 aliphatic carbocycles. The van der Waals surface area contributed by atoms with Gasteiger partial charge in [-0.25, -0.2) is 4.39 Å². The van der Waals surface area contributed by atoms with E-state index < -0.39 is 5.82 Å². The number of halogens is 2. The van der Waals surface area contributed by atoms with Crippen LogP contribution in [0, 0.1) is 5.82 Å². The van der Waals surface area contributed by atoms with Crippen molar-refractivity contribution in [2.75, 3.05) is 0 Å². The summed E-state index contributed by atoms with van der Waals surface area (Å²) >= 11 is 5.68. The third kappa shape index (κ3) is 3.53. The van der Waals surface area contributed by atoms with Crippen LogP contribution in [0.3, 0.4) is 0 Å². The van der Waals surface area contributed by atoms with Crippen molar-refractivity contribution in [2.45, 2.75) is 13.2 Å². The minimum Gasteiger partial charge on any atom is -0.297 e. The van der Waals surface area contributed by atoms with Crippen LogP contribution >= 0.6 is 11.6 Å². The Morgan fingerprint density at radius 2 is 1.83 bits per heavy atom. The molecule has 2 aromatic rings. The van der Waals surface area contributed by atoms with E-state index in [0.717, 1.165) is 5.56 Å². The zero-order valence-electron chi connectivity index (χ0n) is 9.70. The highest BCUT2D eigenvalue weighted by molar-refractivity contribution is 6.30. The van der Waals surface area contributed by atoms with Crippen LogP contribution in [0.4, 0.5) is 4.39 Å². The van der Waals surface area contributed by atoms with E-state index in [1.54, 1.807) is 12.1 Å². The molecule has 0 amide bonds. The maximum absolute atomic E-state index is 13.5. The van der Waals surface area contributed by atoms with Gasteiger partial charge in [0.05, 0.1) is 11.6 Å². The largest absolute Gasteiger partial charge is 0.297 e. The summed E-state index contributed by atoms with van der Waals surface area (Å²) < 4.78 is 13.5. The molecule has 0 aliphatic rings. The van der Waals surface area contributed by atoms with Crippen LogP contribution in [0.25, 0.3) is 0 Å². The topological polar surface area (TPSA) is 21.3 Å². The first-order valence-electron chi connectivity index (χ1n) is 5.59. The van der Waals surface area contributed by atoms with Gasteiger partial charge in [-0.05, 0) is 11.6 Å². The first-order valence-corrected chi connectivity index (χ1v) is 5.96. The van der Waals surface area contributed by atoms with Crippen LogP contribution < -0.4 is 5.48 Å². The Morgan fingerprint density at radius 3 is 2.61 bits per heavy atom. The van der Waals surface area contributed by atoms with E-state index in [0.29, 0.717) is 12.2 Å². The summed E-state index contributed by atoms with van der Waals surface area (Å²) in [5, 5.41) is 0.123. The number of benzene rings is 2. The van der Waals surface area contributed by atoms with Crippen molar-refractivity contribution < 1.29 is 9.23 Å². The summed E-state index contributed by atoms with van der Waals surface area (Å²) in [5.41, 5.74) is 4.25. The molecule has 0 heterocycles. The van der Waals surface area contributed by atoms with Crippen molar-refractivity contribution in [3.8, 4) is 0 Å². The Labute approximate surface area is 110 Å². The van der Waals surface area contributed by atoms with Crippen LogP contribution in [0.15, 0.2) is 48.5 Å². The maximum Gasteiger partial charge on any atom is 0.146 e. The highest BCUT2D eigenvalue weighted by Gasteiger charge is 2.05. The molecule has 0 saturated carbocycles. The summed E-state index contributed by atoms with van der Waals surface area (Å²) in [4.78, 5) is 5.26. The fourth-order valence-electron chi connectivity index (χ4n) is 1.52. The fraction of sp³-hybridized carbons (Fsp3) is 0.143. The molecule has 0 unspecified atom stereocenters. The Morgan fingerprint density at radius 1 is 1.06 bits per heavy atom. The van der Waals surface area contributed by atoms with Gasteiger partial charge in [0.15, 0.2) is 0 Å². The van der Waals surface area contributed by atoms with Gasteiger partial charge < -0.3 is 0 Å². The number of hydrogen-bond donors (Lipinski definition) is 1. The van der Waals surface area contributed by atoms with Gasteiger partial charge in [0, 0.05) is 12.1 Å². The zero-order valence-corrected chi connectivity index (χ0v) is 10.5. The van der Waals surface area contributed by atoms with Crippen molar-refractivity contribution in [2.24, 2.45) is 0 Å². The molecule has 4 heteroatoms. The maximum atomic E-state index is 13.5. The van der Waals surface area contributed by atoms with Crippen LogP contribution in [0.1, 0.15) is 11.1 Å². The first-order chi connectivity index (χ1) is 8.77. The van der Waals surface area contributed by atoms with Crippen LogP contribution in [-0.4, -0.2) is 0 Å².